The topological polar surface area (TPSA) is 24.5 Å². The van der Waals surface area contributed by atoms with E-state index in [1.165, 1.54) is 5.56 Å². The summed E-state index contributed by atoms with van der Waals surface area (Å²) in [5, 5.41) is 4.28. The second-order valence-corrected chi connectivity index (χ2v) is 6.31. The Bertz CT molecular complexity index is 436. The number of benzene rings is 1. The summed E-state index contributed by atoms with van der Waals surface area (Å²) in [7, 11) is 1.78. The van der Waals surface area contributed by atoms with Crippen LogP contribution in [0.1, 0.15) is 25.8 Å². The van der Waals surface area contributed by atoms with Crippen LogP contribution < -0.4 is 10.2 Å². The summed E-state index contributed by atoms with van der Waals surface area (Å²) < 4.78 is 5.41. The average molecular weight is 297 g/mol. The van der Waals surface area contributed by atoms with Crippen LogP contribution in [0.25, 0.3) is 0 Å². The molecule has 0 spiro atoms. The van der Waals surface area contributed by atoms with Crippen molar-refractivity contribution in [3.05, 3.63) is 28.8 Å². The standard InChI is InChI=1S/C16H25ClN2O/c1-12(2)9-18-10-13-4-5-16(15(17)8-13)19-7-6-14(11-19)20-3/h4-5,8,12,14,18H,6-7,9-11H2,1-3H3. The van der Waals surface area contributed by atoms with Crippen LogP contribution in [0.15, 0.2) is 18.2 Å². The number of rotatable bonds is 6. The number of anilines is 1. The lowest BCUT2D eigenvalue weighted by molar-refractivity contribution is 0.121. The maximum Gasteiger partial charge on any atom is 0.0762 e. The molecule has 1 unspecified atom stereocenters. The Hall–Kier alpha value is -0.770. The third kappa shape index (κ3) is 4.11. The highest BCUT2D eigenvalue weighted by atomic mass is 35.5. The number of nitrogens with zero attached hydrogens (tertiary/aromatic N) is 1. The van der Waals surface area contributed by atoms with E-state index in [1.54, 1.807) is 7.11 Å². The van der Waals surface area contributed by atoms with Gasteiger partial charge in [0.05, 0.1) is 16.8 Å². The van der Waals surface area contributed by atoms with Gasteiger partial charge < -0.3 is 15.0 Å². The first kappa shape index (κ1) is 15.6. The molecule has 1 aromatic carbocycles. The zero-order chi connectivity index (χ0) is 14.5. The van der Waals surface area contributed by atoms with E-state index in [2.05, 4.69) is 42.3 Å². The molecule has 20 heavy (non-hydrogen) atoms. The number of ether oxygens (including phenoxy) is 1. The molecule has 1 saturated heterocycles. The van der Waals surface area contributed by atoms with Gasteiger partial charge in [-0.3, -0.25) is 0 Å². The predicted molar refractivity (Wildman–Crippen MR) is 85.6 cm³/mol. The lowest BCUT2D eigenvalue weighted by Gasteiger charge is -2.20. The smallest absolute Gasteiger partial charge is 0.0762 e. The minimum absolute atomic E-state index is 0.332. The van der Waals surface area contributed by atoms with E-state index in [1.807, 2.05) is 0 Å². The van der Waals surface area contributed by atoms with Crippen LogP contribution in [-0.2, 0) is 11.3 Å². The molecule has 1 aromatic rings. The number of nitrogens with one attached hydrogen (secondary N) is 1. The Balaban J connectivity index is 1.96. The number of hydrogen-bond donors (Lipinski definition) is 1. The van der Waals surface area contributed by atoms with Crippen molar-refractivity contribution >= 4 is 17.3 Å². The molecule has 0 bridgehead atoms. The molecule has 2 rings (SSSR count). The van der Waals surface area contributed by atoms with Crippen LogP contribution in [0.4, 0.5) is 5.69 Å². The first-order valence-corrected chi connectivity index (χ1v) is 7.75. The molecule has 112 valence electrons. The minimum atomic E-state index is 0.332. The molecule has 1 heterocycles. The van der Waals surface area contributed by atoms with Crippen molar-refractivity contribution in [1.29, 1.82) is 0 Å². The van der Waals surface area contributed by atoms with E-state index in [-0.39, 0.29) is 0 Å². The van der Waals surface area contributed by atoms with Crippen LogP contribution in [0, 0.1) is 5.92 Å². The van der Waals surface area contributed by atoms with Gasteiger partial charge in [-0.15, -0.1) is 0 Å². The summed E-state index contributed by atoms with van der Waals surface area (Å²) in [5.74, 6) is 0.667. The van der Waals surface area contributed by atoms with Gasteiger partial charge in [-0.1, -0.05) is 31.5 Å². The van der Waals surface area contributed by atoms with E-state index >= 15 is 0 Å². The quantitative estimate of drug-likeness (QED) is 0.871. The third-order valence-electron chi connectivity index (χ3n) is 3.71. The van der Waals surface area contributed by atoms with Gasteiger partial charge in [-0.25, -0.2) is 0 Å². The van der Waals surface area contributed by atoms with Crippen molar-refractivity contribution in [2.24, 2.45) is 5.92 Å². The fraction of sp³-hybridized carbons (Fsp3) is 0.625. The highest BCUT2D eigenvalue weighted by Gasteiger charge is 2.23. The molecule has 0 aliphatic carbocycles. The zero-order valence-corrected chi connectivity index (χ0v) is 13.4. The lowest BCUT2D eigenvalue weighted by Crippen LogP contribution is -2.22. The molecule has 4 heteroatoms. The lowest BCUT2D eigenvalue weighted by atomic mass is 10.1. The molecule has 1 fully saturated rings. The SMILES string of the molecule is COC1CCN(c2ccc(CNCC(C)C)cc2Cl)C1. The van der Waals surface area contributed by atoms with E-state index in [0.29, 0.717) is 12.0 Å². The summed E-state index contributed by atoms with van der Waals surface area (Å²) in [5.41, 5.74) is 2.36. The molecule has 1 atom stereocenters. The van der Waals surface area contributed by atoms with E-state index < -0.39 is 0 Å². The molecule has 0 aromatic heterocycles. The Kier molecular flexibility index (Phi) is 5.70. The van der Waals surface area contributed by atoms with Gasteiger partial charge in [0, 0.05) is 26.7 Å². The minimum Gasteiger partial charge on any atom is -0.380 e. The van der Waals surface area contributed by atoms with Gasteiger partial charge >= 0.3 is 0 Å². The molecule has 1 aliphatic rings. The van der Waals surface area contributed by atoms with Crippen molar-refractivity contribution in [2.45, 2.75) is 32.9 Å². The maximum atomic E-state index is 6.43. The number of hydrogen-bond acceptors (Lipinski definition) is 3. The summed E-state index contributed by atoms with van der Waals surface area (Å²) in [6, 6.07) is 6.37. The highest BCUT2D eigenvalue weighted by Crippen LogP contribution is 2.30. The molecule has 0 saturated carbocycles. The second kappa shape index (κ2) is 7.30. The Morgan fingerprint density at radius 3 is 2.85 bits per heavy atom. The Labute approximate surface area is 127 Å². The van der Waals surface area contributed by atoms with Crippen molar-refractivity contribution in [3.8, 4) is 0 Å². The first-order valence-electron chi connectivity index (χ1n) is 7.37. The van der Waals surface area contributed by atoms with Gasteiger partial charge in [-0.2, -0.15) is 0 Å². The van der Waals surface area contributed by atoms with Crippen LogP contribution in [0.2, 0.25) is 5.02 Å². The Morgan fingerprint density at radius 1 is 1.45 bits per heavy atom. The number of methoxy groups -OCH3 is 1. The van der Waals surface area contributed by atoms with Crippen LogP contribution in [0.3, 0.4) is 0 Å². The molecular weight excluding hydrogens is 272 g/mol. The zero-order valence-electron chi connectivity index (χ0n) is 12.7. The van der Waals surface area contributed by atoms with Crippen LogP contribution >= 0.6 is 11.6 Å². The van der Waals surface area contributed by atoms with Crippen molar-refractivity contribution in [2.75, 3.05) is 31.6 Å². The highest BCUT2D eigenvalue weighted by molar-refractivity contribution is 6.33. The van der Waals surface area contributed by atoms with Gasteiger partial charge in [-0.05, 0) is 36.6 Å². The first-order chi connectivity index (χ1) is 9.60. The largest absolute Gasteiger partial charge is 0.380 e. The second-order valence-electron chi connectivity index (χ2n) is 5.90. The van der Waals surface area contributed by atoms with Gasteiger partial charge in [0.2, 0.25) is 0 Å². The van der Waals surface area contributed by atoms with Crippen molar-refractivity contribution in [1.82, 2.24) is 5.32 Å². The fourth-order valence-corrected chi connectivity index (χ4v) is 2.88. The van der Waals surface area contributed by atoms with Crippen molar-refractivity contribution in [3.63, 3.8) is 0 Å². The molecule has 0 amide bonds. The van der Waals surface area contributed by atoms with Crippen LogP contribution in [-0.4, -0.2) is 32.8 Å². The summed E-state index contributed by atoms with van der Waals surface area (Å²) in [6.07, 6.45) is 1.41. The van der Waals surface area contributed by atoms with Crippen molar-refractivity contribution < 1.29 is 4.74 Å². The number of halogens is 1. The monoisotopic (exact) mass is 296 g/mol. The Morgan fingerprint density at radius 2 is 2.25 bits per heavy atom. The molecule has 3 nitrogen and oxygen atoms in total. The maximum absolute atomic E-state index is 6.43. The summed E-state index contributed by atoms with van der Waals surface area (Å²) in [6.45, 7) is 8.27. The van der Waals surface area contributed by atoms with E-state index in [0.717, 1.165) is 43.3 Å². The van der Waals surface area contributed by atoms with Crippen LogP contribution in [0.5, 0.6) is 0 Å². The van der Waals surface area contributed by atoms with Gasteiger partial charge in [0.15, 0.2) is 0 Å². The predicted octanol–water partition coefficient (Wildman–Crippen LogP) is 3.31. The van der Waals surface area contributed by atoms with Gasteiger partial charge in [0.25, 0.3) is 0 Å². The summed E-state index contributed by atoms with van der Waals surface area (Å²) >= 11 is 6.43. The third-order valence-corrected chi connectivity index (χ3v) is 4.02. The summed E-state index contributed by atoms with van der Waals surface area (Å²) in [4.78, 5) is 2.31. The molecule has 0 radical (unpaired) electrons. The fourth-order valence-electron chi connectivity index (χ4n) is 2.56. The molecule has 1 N–H and O–H groups in total. The molecule has 1 aliphatic heterocycles. The van der Waals surface area contributed by atoms with E-state index in [9.17, 15) is 0 Å². The normalized spacial score (nSPS) is 19.1. The molecular formula is C16H25ClN2O. The van der Waals surface area contributed by atoms with E-state index in [4.69, 9.17) is 16.3 Å². The van der Waals surface area contributed by atoms with Gasteiger partial charge in [0.1, 0.15) is 0 Å². The average Bonchev–Trinajstić information content (AvgIpc) is 2.87.